The molecule has 0 unspecified atom stereocenters. The highest BCUT2D eigenvalue weighted by molar-refractivity contribution is 5.56. The average molecular weight is 637 g/mol. The fraction of sp³-hybridized carbons (Fsp3) is 0.957. The average Bonchev–Trinajstić information content (AvgIpc) is 3.00. The number of ether oxygens (including phenoxy) is 6. The van der Waals surface area contributed by atoms with Crippen molar-refractivity contribution >= 4 is 6.29 Å². The molecule has 0 aliphatic carbocycles. The summed E-state index contributed by atoms with van der Waals surface area (Å²) < 4.78 is 31.9. The summed E-state index contributed by atoms with van der Waals surface area (Å²) in [6.45, 7) is -3.09. The Morgan fingerprint density at radius 1 is 0.581 bits per heavy atom. The van der Waals surface area contributed by atoms with Gasteiger partial charge in [0.15, 0.2) is 25.2 Å². The number of hydrogen-bond acceptors (Lipinski definition) is 20. The molecule has 43 heavy (non-hydrogen) atoms. The molecule has 3 aliphatic heterocycles. The van der Waals surface area contributed by atoms with Gasteiger partial charge in [-0.2, -0.15) is 0 Å². The summed E-state index contributed by atoms with van der Waals surface area (Å²) in [6, 6.07) is 0. The molecule has 13 N–H and O–H groups in total. The third-order valence-electron chi connectivity index (χ3n) is 7.37. The summed E-state index contributed by atoms with van der Waals surface area (Å²) in [5.41, 5.74) is 0. The topological polar surface area (TPSA) is 335 Å². The molecule has 3 fully saturated rings. The minimum absolute atomic E-state index is 0.0240. The van der Waals surface area contributed by atoms with E-state index >= 15 is 0 Å². The molecule has 0 radical (unpaired) electrons. The van der Waals surface area contributed by atoms with Crippen molar-refractivity contribution in [2.45, 2.75) is 110 Å². The van der Waals surface area contributed by atoms with Crippen LogP contribution in [0.1, 0.15) is 0 Å². The van der Waals surface area contributed by atoms with Gasteiger partial charge in [-0.05, 0) is 0 Å². The van der Waals surface area contributed by atoms with Crippen molar-refractivity contribution in [2.24, 2.45) is 0 Å². The van der Waals surface area contributed by atoms with Gasteiger partial charge in [0, 0.05) is 0 Å². The molecule has 20 nitrogen and oxygen atoms in total. The van der Waals surface area contributed by atoms with Gasteiger partial charge in [0.05, 0.1) is 26.4 Å². The van der Waals surface area contributed by atoms with E-state index in [1.807, 2.05) is 0 Å². The van der Waals surface area contributed by atoms with E-state index in [1.54, 1.807) is 0 Å². The van der Waals surface area contributed by atoms with Crippen LogP contribution in [0.2, 0.25) is 0 Å². The van der Waals surface area contributed by atoms with Gasteiger partial charge >= 0.3 is 0 Å². The summed E-state index contributed by atoms with van der Waals surface area (Å²) in [6.07, 6.45) is -31.8. The summed E-state index contributed by atoms with van der Waals surface area (Å²) in [5, 5.41) is 130. The van der Waals surface area contributed by atoms with Crippen LogP contribution in [-0.4, -0.2) is 210 Å². The Hall–Kier alpha value is -1.09. The molecule has 20 heteroatoms. The Balaban J connectivity index is 1.64. The van der Waals surface area contributed by atoms with Gasteiger partial charge in [0.25, 0.3) is 0 Å². The second-order valence-electron chi connectivity index (χ2n) is 10.4. The lowest BCUT2D eigenvalue weighted by Gasteiger charge is -2.44. The molecule has 0 saturated carbocycles. The van der Waals surface area contributed by atoms with Gasteiger partial charge in [-0.25, -0.2) is 0 Å². The molecule has 3 heterocycles. The molecule has 0 aromatic rings. The Bertz CT molecular complexity index is 852. The molecule has 3 saturated heterocycles. The van der Waals surface area contributed by atoms with Crippen molar-refractivity contribution in [1.29, 1.82) is 0 Å². The minimum Gasteiger partial charge on any atom is -0.394 e. The monoisotopic (exact) mass is 636 g/mol. The highest BCUT2D eigenvalue weighted by atomic mass is 16.7. The first-order valence-electron chi connectivity index (χ1n) is 13.3. The summed E-state index contributed by atoms with van der Waals surface area (Å²) >= 11 is 0. The quantitative estimate of drug-likeness (QED) is 0.0834. The van der Waals surface area contributed by atoms with E-state index in [0.717, 1.165) is 0 Å². The van der Waals surface area contributed by atoms with Crippen molar-refractivity contribution < 1.29 is 99.6 Å². The zero-order valence-electron chi connectivity index (χ0n) is 22.5. The summed E-state index contributed by atoms with van der Waals surface area (Å²) in [5.74, 6) is 0. The number of aliphatic hydroxyl groups excluding tert-OH is 13. The van der Waals surface area contributed by atoms with Gasteiger partial charge in [0.1, 0.15) is 91.6 Å². The van der Waals surface area contributed by atoms with Crippen molar-refractivity contribution in [2.75, 3.05) is 26.4 Å². The van der Waals surface area contributed by atoms with Crippen molar-refractivity contribution in [3.8, 4) is 0 Å². The molecule has 0 spiro atoms. The van der Waals surface area contributed by atoms with Crippen LogP contribution in [0.4, 0.5) is 0 Å². The largest absolute Gasteiger partial charge is 0.394 e. The van der Waals surface area contributed by atoms with E-state index in [9.17, 15) is 71.2 Å². The second-order valence-corrected chi connectivity index (χ2v) is 10.4. The number of hydrogen-bond donors (Lipinski definition) is 13. The molecule has 0 amide bonds. The summed E-state index contributed by atoms with van der Waals surface area (Å²) in [7, 11) is 0. The third kappa shape index (κ3) is 8.20. The van der Waals surface area contributed by atoms with Crippen LogP contribution in [0.15, 0.2) is 0 Å². The van der Waals surface area contributed by atoms with Gasteiger partial charge in [-0.15, -0.1) is 0 Å². The maximum absolute atomic E-state index is 11.0. The van der Waals surface area contributed by atoms with Crippen LogP contribution < -0.4 is 0 Å². The van der Waals surface area contributed by atoms with Crippen LogP contribution >= 0.6 is 0 Å². The molecular weight excluding hydrogens is 596 g/mol. The van der Waals surface area contributed by atoms with Crippen LogP contribution in [-0.2, 0) is 33.2 Å². The summed E-state index contributed by atoms with van der Waals surface area (Å²) in [4.78, 5) is 11.0. The van der Waals surface area contributed by atoms with E-state index in [-0.39, 0.29) is 6.29 Å². The Morgan fingerprint density at radius 3 is 1.40 bits per heavy atom. The second kappa shape index (κ2) is 16.0. The highest BCUT2D eigenvalue weighted by Crippen LogP contribution is 2.28. The predicted octanol–water partition coefficient (Wildman–Crippen LogP) is -9.27. The lowest BCUT2D eigenvalue weighted by Crippen LogP contribution is -2.63. The van der Waals surface area contributed by atoms with Crippen molar-refractivity contribution in [3.63, 3.8) is 0 Å². The maximum Gasteiger partial charge on any atom is 0.187 e. The van der Waals surface area contributed by atoms with Crippen LogP contribution in [0, 0.1) is 0 Å². The van der Waals surface area contributed by atoms with Gasteiger partial charge in [-0.1, -0.05) is 0 Å². The van der Waals surface area contributed by atoms with Gasteiger partial charge in [0.2, 0.25) is 0 Å². The molecule has 0 aromatic heterocycles. The molecule has 3 rings (SSSR count). The third-order valence-corrected chi connectivity index (χ3v) is 7.37. The highest BCUT2D eigenvalue weighted by Gasteiger charge is 2.50. The van der Waals surface area contributed by atoms with E-state index in [2.05, 4.69) is 0 Å². The van der Waals surface area contributed by atoms with Crippen LogP contribution in [0.5, 0.6) is 0 Å². The SMILES string of the molecule is O=C[C@H](O)[C@@H](O[C@@H]1O[C@H](CO[C@@H]2O[C@H](CO[C@@H]3O[C@H](CO)[C@H](O)[C@H](O)[C@H]3O)[C@H](O)[C@H](O)[C@H]2O)[C@H](O)[C@H](O)[C@H]1O)[C@@H](O)CO. The van der Waals surface area contributed by atoms with Crippen LogP contribution in [0.3, 0.4) is 0 Å². The van der Waals surface area contributed by atoms with E-state index in [1.165, 1.54) is 0 Å². The van der Waals surface area contributed by atoms with Gasteiger partial charge < -0.3 is 99.6 Å². The van der Waals surface area contributed by atoms with Crippen molar-refractivity contribution in [1.82, 2.24) is 0 Å². The Morgan fingerprint density at radius 2 is 0.977 bits per heavy atom. The molecule has 0 aromatic carbocycles. The van der Waals surface area contributed by atoms with E-state index in [4.69, 9.17) is 28.4 Å². The first-order chi connectivity index (χ1) is 20.3. The Kier molecular flexibility index (Phi) is 13.5. The van der Waals surface area contributed by atoms with Crippen LogP contribution in [0.25, 0.3) is 0 Å². The lowest BCUT2D eigenvalue weighted by atomic mass is 9.98. The number of carbonyl (C=O) groups excluding carboxylic acids is 1. The fourth-order valence-electron chi connectivity index (χ4n) is 4.68. The Labute approximate surface area is 243 Å². The zero-order chi connectivity index (χ0) is 32.2. The van der Waals surface area contributed by atoms with E-state index < -0.39 is 137 Å². The predicted molar refractivity (Wildman–Crippen MR) is 129 cm³/mol. The lowest BCUT2D eigenvalue weighted by molar-refractivity contribution is -0.348. The smallest absolute Gasteiger partial charge is 0.187 e. The number of carbonyl (C=O) groups is 1. The number of rotatable bonds is 13. The number of aliphatic hydroxyl groups is 13. The maximum atomic E-state index is 11.0. The molecule has 252 valence electrons. The van der Waals surface area contributed by atoms with Gasteiger partial charge in [-0.3, -0.25) is 0 Å². The molecule has 18 atom stereocenters. The first kappa shape index (κ1) is 36.4. The molecular formula is C23H40O20. The minimum atomic E-state index is -1.99. The van der Waals surface area contributed by atoms with E-state index in [0.29, 0.717) is 0 Å². The number of aldehydes is 1. The first-order valence-corrected chi connectivity index (χ1v) is 13.3. The normalized spacial score (nSPS) is 46.2. The standard InChI is InChI=1S/C23H40O20/c24-1-6(27)20(7(28)2-25)43-23-19(37)16(34)13(31)10(42-23)5-39-22-18(36)15(33)12(30)9(41-22)4-38-21-17(35)14(32)11(29)8(3-26)40-21/h1,6-23,25-37H,2-5H2/t6-,7-,8+,9+,10+,11-,12-,13-,14-,15-,16-,17+,18+,19+,20+,21+,22+,23-/m0/s1. The van der Waals surface area contributed by atoms with Crippen molar-refractivity contribution in [3.05, 3.63) is 0 Å². The molecule has 3 aliphatic rings. The zero-order valence-corrected chi connectivity index (χ0v) is 22.5. The molecule has 0 bridgehead atoms. The fourth-order valence-corrected chi connectivity index (χ4v) is 4.68.